The fourth-order valence-electron chi connectivity index (χ4n) is 2.58. The summed E-state index contributed by atoms with van der Waals surface area (Å²) in [6, 6.07) is 9.59. The van der Waals surface area contributed by atoms with Crippen molar-refractivity contribution >= 4 is 44.9 Å². The van der Waals surface area contributed by atoms with Crippen LogP contribution in [-0.4, -0.2) is 34.8 Å². The van der Waals surface area contributed by atoms with Gasteiger partial charge in [0.15, 0.2) is 5.82 Å². The molecule has 0 fully saturated rings. The Bertz CT molecular complexity index is 930. The molecule has 0 bridgehead atoms. The summed E-state index contributed by atoms with van der Waals surface area (Å²) < 4.78 is 5.78. The maximum absolute atomic E-state index is 11.3. The Labute approximate surface area is 166 Å². The van der Waals surface area contributed by atoms with E-state index in [0.29, 0.717) is 18.9 Å². The maximum atomic E-state index is 11.3. The lowest BCUT2D eigenvalue weighted by Crippen LogP contribution is -2.29. The zero-order valence-electron chi connectivity index (χ0n) is 15.2. The number of halogens is 1. The number of hydrogen-bond donors (Lipinski definition) is 2. The molecular formula is C19H21ClN4O2S. The molecule has 0 radical (unpaired) electrons. The van der Waals surface area contributed by atoms with Gasteiger partial charge in [-0.2, -0.15) is 0 Å². The van der Waals surface area contributed by atoms with Gasteiger partial charge in [0.05, 0.1) is 5.39 Å². The largest absolute Gasteiger partial charge is 0.486 e. The third kappa shape index (κ3) is 4.87. The molecule has 0 saturated carbocycles. The number of thiophene rings is 1. The average molecular weight is 405 g/mol. The van der Waals surface area contributed by atoms with E-state index in [2.05, 4.69) is 34.4 Å². The van der Waals surface area contributed by atoms with E-state index in [-0.39, 0.29) is 18.4 Å². The lowest BCUT2D eigenvalue weighted by Gasteiger charge is -2.11. The Morgan fingerprint density at radius 3 is 2.70 bits per heavy atom. The van der Waals surface area contributed by atoms with Crippen molar-refractivity contribution in [3.63, 3.8) is 0 Å². The van der Waals surface area contributed by atoms with Crippen LogP contribution in [0.25, 0.3) is 10.2 Å². The number of para-hydroxylation sites is 1. The van der Waals surface area contributed by atoms with Gasteiger partial charge < -0.3 is 15.4 Å². The van der Waals surface area contributed by atoms with Gasteiger partial charge in [-0.25, -0.2) is 9.97 Å². The summed E-state index contributed by atoms with van der Waals surface area (Å²) in [4.78, 5) is 22.7. The Hall–Kier alpha value is -2.38. The minimum absolute atomic E-state index is 0.0401. The third-order valence-electron chi connectivity index (χ3n) is 4.05. The molecule has 0 spiro atoms. The first kappa shape index (κ1) is 19.4. The normalized spacial score (nSPS) is 10.8. The first-order valence-corrected chi connectivity index (χ1v) is 9.94. The lowest BCUT2D eigenvalue weighted by molar-refractivity contribution is -0.118. The molecule has 1 aromatic carbocycles. The molecule has 1 amide bonds. The zero-order chi connectivity index (χ0) is 19.2. The van der Waals surface area contributed by atoms with Crippen molar-refractivity contribution in [2.45, 2.75) is 20.5 Å². The van der Waals surface area contributed by atoms with Gasteiger partial charge in [-0.1, -0.05) is 18.2 Å². The van der Waals surface area contributed by atoms with Crippen molar-refractivity contribution in [1.29, 1.82) is 0 Å². The van der Waals surface area contributed by atoms with E-state index in [1.54, 1.807) is 11.3 Å². The number of ether oxygens (including phenoxy) is 1. The molecule has 8 heteroatoms. The minimum Gasteiger partial charge on any atom is -0.486 e. The van der Waals surface area contributed by atoms with Crippen molar-refractivity contribution in [3.05, 3.63) is 46.6 Å². The van der Waals surface area contributed by atoms with Crippen molar-refractivity contribution in [2.24, 2.45) is 0 Å². The number of aryl methyl sites for hydroxylation is 2. The number of benzene rings is 1. The summed E-state index contributed by atoms with van der Waals surface area (Å²) in [5, 5.41) is 7.05. The number of aromatic nitrogens is 2. The second-order valence-corrected chi connectivity index (χ2v) is 7.43. The molecule has 0 aliphatic rings. The lowest BCUT2D eigenvalue weighted by atomic mass is 10.2. The Balaban J connectivity index is 1.78. The summed E-state index contributed by atoms with van der Waals surface area (Å²) in [5.41, 5.74) is 1.16. The molecule has 142 valence electrons. The second kappa shape index (κ2) is 9.01. The number of hydrogen-bond acceptors (Lipinski definition) is 6. The molecular weight excluding hydrogens is 384 g/mol. The highest BCUT2D eigenvalue weighted by Gasteiger charge is 2.15. The Morgan fingerprint density at radius 1 is 1.19 bits per heavy atom. The second-order valence-electron chi connectivity index (χ2n) is 5.96. The van der Waals surface area contributed by atoms with Crippen LogP contribution in [0.3, 0.4) is 0 Å². The summed E-state index contributed by atoms with van der Waals surface area (Å²) in [7, 11) is 0. The minimum atomic E-state index is -0.189. The van der Waals surface area contributed by atoms with Gasteiger partial charge >= 0.3 is 0 Å². The molecule has 0 aliphatic carbocycles. The van der Waals surface area contributed by atoms with Crippen LogP contribution in [0.15, 0.2) is 30.3 Å². The smallest absolute Gasteiger partial charge is 0.234 e. The predicted octanol–water partition coefficient (Wildman–Crippen LogP) is 3.65. The zero-order valence-corrected chi connectivity index (χ0v) is 16.8. The maximum Gasteiger partial charge on any atom is 0.234 e. The van der Waals surface area contributed by atoms with E-state index in [4.69, 9.17) is 16.3 Å². The molecule has 2 aromatic heterocycles. The van der Waals surface area contributed by atoms with Gasteiger partial charge in [0.25, 0.3) is 0 Å². The van der Waals surface area contributed by atoms with E-state index in [1.807, 2.05) is 30.3 Å². The monoisotopic (exact) mass is 404 g/mol. The highest BCUT2D eigenvalue weighted by molar-refractivity contribution is 7.18. The number of alkyl halides is 1. The number of anilines is 1. The number of nitrogens with zero attached hydrogens (tertiary/aromatic N) is 2. The van der Waals surface area contributed by atoms with Gasteiger partial charge in [0.1, 0.15) is 28.9 Å². The molecule has 0 aliphatic heterocycles. The first-order chi connectivity index (χ1) is 13.1. The molecule has 0 atom stereocenters. The highest BCUT2D eigenvalue weighted by Crippen LogP contribution is 2.33. The topological polar surface area (TPSA) is 76.1 Å². The van der Waals surface area contributed by atoms with E-state index >= 15 is 0 Å². The number of carbonyl (C=O) groups is 1. The van der Waals surface area contributed by atoms with Crippen LogP contribution in [0, 0.1) is 13.8 Å². The van der Waals surface area contributed by atoms with Crippen LogP contribution in [0.1, 0.15) is 16.3 Å². The molecule has 3 rings (SSSR count). The van der Waals surface area contributed by atoms with Crippen molar-refractivity contribution in [3.8, 4) is 5.75 Å². The third-order valence-corrected chi connectivity index (χ3v) is 5.39. The summed E-state index contributed by atoms with van der Waals surface area (Å²) in [5.74, 6) is 1.92. The quantitative estimate of drug-likeness (QED) is 0.442. The molecule has 27 heavy (non-hydrogen) atoms. The van der Waals surface area contributed by atoms with Crippen LogP contribution in [0.2, 0.25) is 0 Å². The van der Waals surface area contributed by atoms with Crippen LogP contribution in [0.4, 0.5) is 5.82 Å². The first-order valence-electron chi connectivity index (χ1n) is 8.59. The van der Waals surface area contributed by atoms with Crippen molar-refractivity contribution < 1.29 is 9.53 Å². The molecule has 0 unspecified atom stereocenters. The van der Waals surface area contributed by atoms with Crippen LogP contribution in [0.5, 0.6) is 5.75 Å². The molecule has 3 aromatic rings. The Kier molecular flexibility index (Phi) is 6.47. The molecule has 6 nitrogen and oxygen atoms in total. The standard InChI is InChI=1S/C19H21ClN4O2S/c1-12-13(2)27-19-17(12)18(22-9-8-21-16(25)10-20)23-15(24-19)11-26-14-6-4-3-5-7-14/h3-7H,8-11H2,1-2H3,(H,21,25)(H,22,23,24). The van der Waals surface area contributed by atoms with Gasteiger partial charge in [0.2, 0.25) is 5.91 Å². The van der Waals surface area contributed by atoms with Crippen LogP contribution >= 0.6 is 22.9 Å². The molecule has 0 saturated heterocycles. The van der Waals surface area contributed by atoms with Crippen LogP contribution < -0.4 is 15.4 Å². The Morgan fingerprint density at radius 2 is 1.96 bits per heavy atom. The predicted molar refractivity (Wildman–Crippen MR) is 110 cm³/mol. The van der Waals surface area contributed by atoms with Gasteiger partial charge in [0, 0.05) is 18.0 Å². The summed E-state index contributed by atoms with van der Waals surface area (Å²) in [6.45, 7) is 5.44. The fourth-order valence-corrected chi connectivity index (χ4v) is 3.72. The van der Waals surface area contributed by atoms with Crippen molar-refractivity contribution in [2.75, 3.05) is 24.3 Å². The number of nitrogens with one attached hydrogen (secondary N) is 2. The molecule has 2 N–H and O–H groups in total. The summed E-state index contributed by atoms with van der Waals surface area (Å²) in [6.07, 6.45) is 0. The van der Waals surface area contributed by atoms with E-state index in [0.717, 1.165) is 27.3 Å². The van der Waals surface area contributed by atoms with Gasteiger partial charge in [-0.05, 0) is 31.5 Å². The number of carbonyl (C=O) groups excluding carboxylic acids is 1. The van der Waals surface area contributed by atoms with Gasteiger partial charge in [-0.3, -0.25) is 4.79 Å². The van der Waals surface area contributed by atoms with Crippen molar-refractivity contribution in [1.82, 2.24) is 15.3 Å². The van der Waals surface area contributed by atoms with E-state index < -0.39 is 0 Å². The van der Waals surface area contributed by atoms with Crippen LogP contribution in [-0.2, 0) is 11.4 Å². The average Bonchev–Trinajstić information content (AvgIpc) is 2.98. The van der Waals surface area contributed by atoms with E-state index in [1.165, 1.54) is 4.88 Å². The number of fused-ring (bicyclic) bond motifs is 1. The number of amides is 1. The summed E-state index contributed by atoms with van der Waals surface area (Å²) >= 11 is 7.13. The highest BCUT2D eigenvalue weighted by atomic mass is 35.5. The SMILES string of the molecule is Cc1sc2nc(COc3ccccc3)nc(NCCNC(=O)CCl)c2c1C. The molecule has 2 heterocycles. The van der Waals surface area contributed by atoms with E-state index in [9.17, 15) is 4.79 Å². The van der Waals surface area contributed by atoms with Gasteiger partial charge in [-0.15, -0.1) is 22.9 Å². The number of rotatable bonds is 8. The fraction of sp³-hybridized carbons (Fsp3) is 0.316.